The molecule has 0 N–H and O–H groups in total. The number of benzene rings is 1. The minimum Gasteiger partial charge on any atom is -0.168 e. The van der Waals surface area contributed by atoms with Crippen LogP contribution in [0.1, 0.15) is 58.6 Å². The summed E-state index contributed by atoms with van der Waals surface area (Å²) < 4.78 is -0.00507. The number of hydrogen-bond donors (Lipinski definition) is 1. The minimum absolute atomic E-state index is 0.00507. The van der Waals surface area contributed by atoms with Crippen LogP contribution in [0.25, 0.3) is 0 Å². The van der Waals surface area contributed by atoms with Crippen molar-refractivity contribution in [1.82, 2.24) is 0 Å². The molecule has 1 rings (SSSR count). The molecule has 1 aromatic carbocycles. The molecule has 0 saturated heterocycles. The van der Waals surface area contributed by atoms with Gasteiger partial charge < -0.3 is 0 Å². The van der Waals surface area contributed by atoms with E-state index < -0.39 is 0 Å². The molecule has 0 saturated carbocycles. The maximum absolute atomic E-state index is 4.71. The molecule has 0 aromatic heterocycles. The van der Waals surface area contributed by atoms with Crippen LogP contribution < -0.4 is 0 Å². The predicted octanol–water partition coefficient (Wildman–Crippen LogP) is 4.93. The molecule has 0 aliphatic heterocycles. The van der Waals surface area contributed by atoms with Gasteiger partial charge in [-0.2, -0.15) is 12.6 Å². The lowest BCUT2D eigenvalue weighted by Gasteiger charge is -2.26. The number of hydrogen-bond acceptors (Lipinski definition) is 1. The van der Waals surface area contributed by atoms with Crippen molar-refractivity contribution in [2.24, 2.45) is 0 Å². The molecule has 16 heavy (non-hydrogen) atoms. The van der Waals surface area contributed by atoms with Crippen LogP contribution in [0, 0.1) is 0 Å². The van der Waals surface area contributed by atoms with Crippen LogP contribution in [0.15, 0.2) is 24.3 Å². The van der Waals surface area contributed by atoms with Crippen LogP contribution in [0.2, 0.25) is 0 Å². The molecule has 1 atom stereocenters. The van der Waals surface area contributed by atoms with E-state index in [4.69, 9.17) is 12.6 Å². The van der Waals surface area contributed by atoms with Crippen molar-refractivity contribution in [2.45, 2.75) is 57.6 Å². The fourth-order valence-corrected chi connectivity index (χ4v) is 1.84. The van der Waals surface area contributed by atoms with Crippen molar-refractivity contribution in [3.63, 3.8) is 0 Å². The summed E-state index contributed by atoms with van der Waals surface area (Å²) in [5.74, 6) is 0. The monoisotopic (exact) mass is 236 g/mol. The highest BCUT2D eigenvalue weighted by Gasteiger charge is 2.21. The summed E-state index contributed by atoms with van der Waals surface area (Å²) in [4.78, 5) is 0. The topological polar surface area (TPSA) is 0 Å². The Bertz CT molecular complexity index is 298. The van der Waals surface area contributed by atoms with Crippen LogP contribution in [0.5, 0.6) is 0 Å². The molecule has 1 aromatic rings. The molecule has 1 unspecified atom stereocenters. The molecule has 0 radical (unpaired) electrons. The van der Waals surface area contributed by atoms with Gasteiger partial charge in [0.25, 0.3) is 0 Å². The highest BCUT2D eigenvalue weighted by Crippen LogP contribution is 2.33. The second-order valence-electron chi connectivity index (χ2n) is 5.44. The molecule has 0 aliphatic rings. The molecule has 0 aliphatic carbocycles. The summed E-state index contributed by atoms with van der Waals surface area (Å²) in [5.41, 5.74) is 3.01. The van der Waals surface area contributed by atoms with Crippen molar-refractivity contribution in [3.05, 3.63) is 35.4 Å². The molecule has 0 heterocycles. The number of rotatable bonds is 4. The first kappa shape index (κ1) is 13.6. The Balaban J connectivity index is 3.00. The van der Waals surface area contributed by atoms with Crippen molar-refractivity contribution < 1.29 is 0 Å². The van der Waals surface area contributed by atoms with Crippen LogP contribution in [0.3, 0.4) is 0 Å². The molecular formula is C15H24S. The molecule has 0 bridgehead atoms. The lowest BCUT2D eigenvalue weighted by molar-refractivity contribution is 0.505. The second kappa shape index (κ2) is 4.83. The summed E-state index contributed by atoms with van der Waals surface area (Å²) in [5, 5.41) is 0. The fourth-order valence-electron chi connectivity index (χ4n) is 1.69. The van der Waals surface area contributed by atoms with Gasteiger partial charge in [-0.25, -0.2) is 0 Å². The van der Waals surface area contributed by atoms with Crippen LogP contribution in [-0.4, -0.2) is 0 Å². The lowest BCUT2D eigenvalue weighted by Crippen LogP contribution is -2.17. The normalized spacial score (nSPS) is 15.9. The van der Waals surface area contributed by atoms with E-state index in [0.717, 1.165) is 12.8 Å². The van der Waals surface area contributed by atoms with E-state index in [1.807, 2.05) is 0 Å². The standard InChI is InChI=1S/C15H24S/c1-6-14(3,4)12-8-10-13(11-9-12)15(5,16)7-2/h8-11,16H,6-7H2,1-5H3. The first-order valence-corrected chi connectivity index (χ1v) is 6.61. The Hall–Kier alpha value is -0.430. The van der Waals surface area contributed by atoms with Gasteiger partial charge in [0.15, 0.2) is 0 Å². The summed E-state index contributed by atoms with van der Waals surface area (Å²) in [6, 6.07) is 8.96. The van der Waals surface area contributed by atoms with Gasteiger partial charge in [0.05, 0.1) is 0 Å². The van der Waals surface area contributed by atoms with Crippen LogP contribution in [0.4, 0.5) is 0 Å². The summed E-state index contributed by atoms with van der Waals surface area (Å²) in [7, 11) is 0. The summed E-state index contributed by atoms with van der Waals surface area (Å²) in [6.45, 7) is 11.2. The largest absolute Gasteiger partial charge is 0.168 e. The van der Waals surface area contributed by atoms with E-state index in [1.54, 1.807) is 0 Å². The predicted molar refractivity (Wildman–Crippen MR) is 76.4 cm³/mol. The van der Waals surface area contributed by atoms with E-state index in [1.165, 1.54) is 11.1 Å². The smallest absolute Gasteiger partial charge is 0.0347 e. The second-order valence-corrected chi connectivity index (χ2v) is 6.43. The molecular weight excluding hydrogens is 212 g/mol. The first-order valence-electron chi connectivity index (χ1n) is 6.17. The zero-order valence-corrected chi connectivity index (χ0v) is 12.1. The third-order valence-corrected chi connectivity index (χ3v) is 4.44. The molecule has 1 heteroatoms. The van der Waals surface area contributed by atoms with E-state index in [2.05, 4.69) is 58.9 Å². The molecule has 0 fully saturated rings. The van der Waals surface area contributed by atoms with Gasteiger partial charge in [-0.3, -0.25) is 0 Å². The third kappa shape index (κ3) is 2.82. The van der Waals surface area contributed by atoms with Gasteiger partial charge in [-0.05, 0) is 36.3 Å². The highest BCUT2D eigenvalue weighted by atomic mass is 32.1. The average molecular weight is 236 g/mol. The zero-order chi connectivity index (χ0) is 12.4. The Kier molecular flexibility index (Phi) is 4.12. The van der Waals surface area contributed by atoms with Gasteiger partial charge in [0.2, 0.25) is 0 Å². The van der Waals surface area contributed by atoms with E-state index >= 15 is 0 Å². The Morgan fingerprint density at radius 1 is 0.875 bits per heavy atom. The first-order chi connectivity index (χ1) is 7.33. The molecule has 0 nitrogen and oxygen atoms in total. The van der Waals surface area contributed by atoms with Gasteiger partial charge in [0, 0.05) is 4.75 Å². The quantitative estimate of drug-likeness (QED) is 0.704. The summed E-state index contributed by atoms with van der Waals surface area (Å²) in [6.07, 6.45) is 2.21. The Morgan fingerprint density at radius 3 is 1.69 bits per heavy atom. The third-order valence-electron chi connectivity index (χ3n) is 3.86. The molecule has 90 valence electrons. The van der Waals surface area contributed by atoms with Crippen molar-refractivity contribution in [3.8, 4) is 0 Å². The fraction of sp³-hybridized carbons (Fsp3) is 0.600. The SMILES string of the molecule is CCC(C)(C)c1ccc(C(C)(S)CC)cc1. The van der Waals surface area contributed by atoms with Crippen molar-refractivity contribution in [2.75, 3.05) is 0 Å². The minimum atomic E-state index is -0.00507. The van der Waals surface area contributed by atoms with E-state index in [-0.39, 0.29) is 10.2 Å². The van der Waals surface area contributed by atoms with Gasteiger partial charge in [-0.1, -0.05) is 52.0 Å². The highest BCUT2D eigenvalue weighted by molar-refractivity contribution is 7.81. The lowest BCUT2D eigenvalue weighted by atomic mass is 9.81. The van der Waals surface area contributed by atoms with Crippen LogP contribution in [-0.2, 0) is 10.2 Å². The van der Waals surface area contributed by atoms with Gasteiger partial charge >= 0.3 is 0 Å². The van der Waals surface area contributed by atoms with Gasteiger partial charge in [-0.15, -0.1) is 0 Å². The summed E-state index contributed by atoms with van der Waals surface area (Å²) >= 11 is 4.71. The van der Waals surface area contributed by atoms with E-state index in [0.29, 0.717) is 0 Å². The average Bonchev–Trinajstić information content (AvgIpc) is 2.29. The van der Waals surface area contributed by atoms with Crippen LogP contribution >= 0.6 is 12.6 Å². The number of thiol groups is 1. The Morgan fingerprint density at radius 2 is 1.31 bits per heavy atom. The molecule has 0 spiro atoms. The van der Waals surface area contributed by atoms with Crippen molar-refractivity contribution >= 4 is 12.6 Å². The van der Waals surface area contributed by atoms with Gasteiger partial charge in [0.1, 0.15) is 0 Å². The zero-order valence-electron chi connectivity index (χ0n) is 11.2. The maximum Gasteiger partial charge on any atom is 0.0347 e. The molecule has 0 amide bonds. The Labute approximate surface area is 106 Å². The van der Waals surface area contributed by atoms with E-state index in [9.17, 15) is 0 Å². The maximum atomic E-state index is 4.71. The van der Waals surface area contributed by atoms with Crippen molar-refractivity contribution in [1.29, 1.82) is 0 Å².